The molecule has 0 aromatic carbocycles. The van der Waals surface area contributed by atoms with E-state index < -0.39 is 0 Å². The van der Waals surface area contributed by atoms with Crippen molar-refractivity contribution >= 4 is 24.3 Å². The van der Waals surface area contributed by atoms with Gasteiger partial charge in [0.25, 0.3) is 0 Å². The summed E-state index contributed by atoms with van der Waals surface area (Å²) >= 11 is 0. The number of nitrogens with two attached hydrogens (primary N) is 1. The number of urea groups is 1. The van der Waals surface area contributed by atoms with Crippen molar-refractivity contribution in [3.63, 3.8) is 0 Å². The van der Waals surface area contributed by atoms with Crippen molar-refractivity contribution in [1.82, 2.24) is 15.5 Å². The van der Waals surface area contributed by atoms with E-state index in [9.17, 15) is 9.59 Å². The number of rotatable bonds is 4. The third kappa shape index (κ3) is 5.94. The zero-order valence-electron chi connectivity index (χ0n) is 14.3. The molecule has 4 N–H and O–H groups in total. The highest BCUT2D eigenvalue weighted by Gasteiger charge is 2.33. The minimum absolute atomic E-state index is 0. The van der Waals surface area contributed by atoms with E-state index in [0.717, 1.165) is 38.8 Å². The quantitative estimate of drug-likeness (QED) is 0.719. The lowest BCUT2D eigenvalue weighted by molar-refractivity contribution is -0.121. The van der Waals surface area contributed by atoms with Gasteiger partial charge in [-0.3, -0.25) is 15.0 Å². The Balaban J connectivity index is 0.00000264. The van der Waals surface area contributed by atoms with Gasteiger partial charge in [0, 0.05) is 12.6 Å². The molecule has 3 unspecified atom stereocenters. The molecule has 134 valence electrons. The van der Waals surface area contributed by atoms with Crippen LogP contribution in [0.4, 0.5) is 4.79 Å². The second kappa shape index (κ2) is 8.85. The van der Waals surface area contributed by atoms with Gasteiger partial charge in [0.15, 0.2) is 0 Å². The average Bonchev–Trinajstić information content (AvgIpc) is 2.83. The summed E-state index contributed by atoms with van der Waals surface area (Å²) < 4.78 is 0. The fraction of sp³-hybridized carbons (Fsp3) is 0.875. The number of imide groups is 1. The maximum Gasteiger partial charge on any atom is 0.321 e. The highest BCUT2D eigenvalue weighted by Crippen LogP contribution is 2.28. The van der Waals surface area contributed by atoms with Gasteiger partial charge < -0.3 is 11.1 Å². The summed E-state index contributed by atoms with van der Waals surface area (Å²) in [6.07, 6.45) is 5.53. The molecule has 1 heterocycles. The number of nitrogens with zero attached hydrogens (tertiary/aromatic N) is 1. The predicted molar refractivity (Wildman–Crippen MR) is 93.6 cm³/mol. The number of carbonyl (C=O) groups is 2. The Hall–Kier alpha value is -0.850. The Morgan fingerprint density at radius 3 is 2.61 bits per heavy atom. The van der Waals surface area contributed by atoms with Crippen molar-refractivity contribution in [3.05, 3.63) is 0 Å². The first-order chi connectivity index (χ1) is 10.4. The van der Waals surface area contributed by atoms with Gasteiger partial charge in [-0.15, -0.1) is 12.4 Å². The lowest BCUT2D eigenvalue weighted by atomic mass is 9.86. The zero-order valence-corrected chi connectivity index (χ0v) is 15.1. The summed E-state index contributed by atoms with van der Waals surface area (Å²) in [5.74, 6) is 0.251. The molecule has 7 heteroatoms. The molecule has 1 aliphatic heterocycles. The number of hydrogen-bond acceptors (Lipinski definition) is 4. The number of hydrogen-bond donors (Lipinski definition) is 3. The molecule has 0 radical (unpaired) electrons. The molecular weight excluding hydrogens is 316 g/mol. The van der Waals surface area contributed by atoms with Crippen LogP contribution in [-0.4, -0.2) is 49.1 Å². The second-order valence-corrected chi connectivity index (χ2v) is 7.37. The zero-order chi connectivity index (χ0) is 16.2. The minimum atomic E-state index is -0.357. The van der Waals surface area contributed by atoms with Crippen molar-refractivity contribution in [1.29, 1.82) is 0 Å². The van der Waals surface area contributed by atoms with Gasteiger partial charge in [-0.2, -0.15) is 0 Å². The van der Waals surface area contributed by atoms with E-state index in [1.807, 2.05) is 0 Å². The van der Waals surface area contributed by atoms with Crippen molar-refractivity contribution < 1.29 is 9.59 Å². The molecule has 0 spiro atoms. The van der Waals surface area contributed by atoms with Gasteiger partial charge in [-0.05, 0) is 43.7 Å². The molecule has 3 atom stereocenters. The van der Waals surface area contributed by atoms with E-state index in [-0.39, 0.29) is 42.3 Å². The van der Waals surface area contributed by atoms with E-state index in [1.54, 1.807) is 0 Å². The lowest BCUT2D eigenvalue weighted by Gasteiger charge is -2.29. The van der Waals surface area contributed by atoms with Gasteiger partial charge >= 0.3 is 6.03 Å². The average molecular weight is 347 g/mol. The van der Waals surface area contributed by atoms with Crippen LogP contribution in [0, 0.1) is 11.3 Å². The predicted octanol–water partition coefficient (Wildman–Crippen LogP) is 1.48. The molecule has 2 fully saturated rings. The largest absolute Gasteiger partial charge is 0.335 e. The maximum absolute atomic E-state index is 12.0. The van der Waals surface area contributed by atoms with Gasteiger partial charge in [-0.25, -0.2) is 4.79 Å². The van der Waals surface area contributed by atoms with Crippen LogP contribution in [-0.2, 0) is 4.79 Å². The Bertz CT molecular complexity index is 421. The number of likely N-dealkylation sites (tertiary alicyclic amines) is 1. The highest BCUT2D eigenvalue weighted by atomic mass is 35.5. The molecule has 1 saturated carbocycles. The van der Waals surface area contributed by atoms with Gasteiger partial charge in [0.05, 0.1) is 6.54 Å². The Kier molecular flexibility index (Phi) is 7.77. The number of carbonyl (C=O) groups excluding carboxylic acids is 2. The SMILES string of the molecule is CC1CCCCC1NC(=O)NC(=O)CN1CCC(C)(CN)C1.Cl. The molecular formula is C16H31ClN4O2. The molecule has 1 saturated heterocycles. The van der Waals surface area contributed by atoms with Crippen LogP contribution in [0.3, 0.4) is 0 Å². The molecule has 3 amide bonds. The van der Waals surface area contributed by atoms with Crippen LogP contribution in [0.15, 0.2) is 0 Å². The molecule has 0 bridgehead atoms. The lowest BCUT2D eigenvalue weighted by Crippen LogP contribution is -2.49. The standard InChI is InChI=1S/C16H30N4O2.ClH/c1-12-5-3-4-6-13(12)18-15(22)19-14(21)9-20-8-7-16(2,10-17)11-20;/h12-13H,3-11,17H2,1-2H3,(H2,18,19,21,22);1H. The monoisotopic (exact) mass is 346 g/mol. The molecule has 6 nitrogen and oxygen atoms in total. The van der Waals surface area contributed by atoms with E-state index >= 15 is 0 Å². The molecule has 2 aliphatic rings. The summed E-state index contributed by atoms with van der Waals surface area (Å²) in [6, 6.07) is -0.168. The molecule has 23 heavy (non-hydrogen) atoms. The van der Waals surface area contributed by atoms with E-state index in [1.165, 1.54) is 6.42 Å². The van der Waals surface area contributed by atoms with Gasteiger partial charge in [0.1, 0.15) is 0 Å². The van der Waals surface area contributed by atoms with Crippen LogP contribution in [0.25, 0.3) is 0 Å². The van der Waals surface area contributed by atoms with Crippen LogP contribution in [0.2, 0.25) is 0 Å². The topological polar surface area (TPSA) is 87.5 Å². The van der Waals surface area contributed by atoms with Crippen LogP contribution >= 0.6 is 12.4 Å². The fourth-order valence-corrected chi connectivity index (χ4v) is 3.53. The molecule has 0 aromatic rings. The molecule has 1 aliphatic carbocycles. The van der Waals surface area contributed by atoms with Gasteiger partial charge in [0.2, 0.25) is 5.91 Å². The summed E-state index contributed by atoms with van der Waals surface area (Å²) in [5, 5.41) is 5.40. The number of halogens is 1. The molecule has 0 aromatic heterocycles. The van der Waals surface area contributed by atoms with Crippen LogP contribution in [0.5, 0.6) is 0 Å². The second-order valence-electron chi connectivity index (χ2n) is 7.37. The number of nitrogens with one attached hydrogen (secondary N) is 2. The summed E-state index contributed by atoms with van der Waals surface area (Å²) in [4.78, 5) is 26.0. The minimum Gasteiger partial charge on any atom is -0.335 e. The third-order valence-corrected chi connectivity index (χ3v) is 5.18. The van der Waals surface area contributed by atoms with Crippen molar-refractivity contribution in [3.8, 4) is 0 Å². The normalized spacial score (nSPS) is 31.3. The number of amides is 3. The smallest absolute Gasteiger partial charge is 0.321 e. The van der Waals surface area contributed by atoms with Gasteiger partial charge in [-0.1, -0.05) is 26.7 Å². The van der Waals surface area contributed by atoms with E-state index in [2.05, 4.69) is 29.4 Å². The molecule has 2 rings (SSSR count). The van der Waals surface area contributed by atoms with Crippen molar-refractivity contribution in [2.75, 3.05) is 26.2 Å². The first-order valence-corrected chi connectivity index (χ1v) is 8.45. The van der Waals surface area contributed by atoms with Crippen molar-refractivity contribution in [2.24, 2.45) is 17.1 Å². The van der Waals surface area contributed by atoms with E-state index in [4.69, 9.17) is 5.73 Å². The van der Waals surface area contributed by atoms with E-state index in [0.29, 0.717) is 12.5 Å². The van der Waals surface area contributed by atoms with Crippen LogP contribution < -0.4 is 16.4 Å². The Morgan fingerprint density at radius 1 is 1.30 bits per heavy atom. The summed E-state index contributed by atoms with van der Waals surface area (Å²) in [7, 11) is 0. The Morgan fingerprint density at radius 2 is 2.00 bits per heavy atom. The summed E-state index contributed by atoms with van der Waals surface area (Å²) in [6.45, 7) is 6.88. The summed E-state index contributed by atoms with van der Waals surface area (Å²) in [5.41, 5.74) is 5.86. The Labute approximate surface area is 145 Å². The maximum atomic E-state index is 12.0. The van der Waals surface area contributed by atoms with Crippen LogP contribution in [0.1, 0.15) is 46.0 Å². The fourth-order valence-electron chi connectivity index (χ4n) is 3.53. The first kappa shape index (κ1) is 20.2. The third-order valence-electron chi connectivity index (χ3n) is 5.18. The first-order valence-electron chi connectivity index (χ1n) is 8.45. The highest BCUT2D eigenvalue weighted by molar-refractivity contribution is 5.95. The van der Waals surface area contributed by atoms with Crippen molar-refractivity contribution in [2.45, 2.75) is 52.0 Å².